The van der Waals surface area contributed by atoms with Crippen molar-refractivity contribution in [2.75, 3.05) is 26.4 Å². The van der Waals surface area contributed by atoms with E-state index in [-0.39, 0.29) is 12.1 Å². The van der Waals surface area contributed by atoms with Gasteiger partial charge in [0.2, 0.25) is 0 Å². The highest BCUT2D eigenvalue weighted by atomic mass is 16.5. The summed E-state index contributed by atoms with van der Waals surface area (Å²) in [6.45, 7) is 4.92. The lowest BCUT2D eigenvalue weighted by Gasteiger charge is -2.32. The van der Waals surface area contributed by atoms with Gasteiger partial charge in [0.25, 0.3) is 0 Å². The van der Waals surface area contributed by atoms with E-state index in [1.165, 1.54) is 0 Å². The van der Waals surface area contributed by atoms with Crippen LogP contribution in [0.2, 0.25) is 0 Å². The third-order valence-electron chi connectivity index (χ3n) is 3.12. The molecule has 0 aromatic rings. The number of hydrogen-bond donors (Lipinski definition) is 2. The molecular formula is C10H19NO3. The Morgan fingerprint density at radius 3 is 2.64 bits per heavy atom. The summed E-state index contributed by atoms with van der Waals surface area (Å²) in [4.78, 5) is 0. The molecule has 4 nitrogen and oxygen atoms in total. The molecule has 0 aromatic carbocycles. The van der Waals surface area contributed by atoms with Crippen molar-refractivity contribution in [3.63, 3.8) is 0 Å². The van der Waals surface area contributed by atoms with E-state index in [0.717, 1.165) is 19.6 Å². The highest BCUT2D eigenvalue weighted by Crippen LogP contribution is 2.16. The molecule has 2 fully saturated rings. The standard InChI is InChI=1S/C10H19NO3/c1-7-4-13-3-2-8(7)11-9-5-14-6-10(9)12/h7-12H,2-6H2,1H3/t7?,8?,9-,10-/m1/s1. The van der Waals surface area contributed by atoms with Crippen LogP contribution in [0, 0.1) is 5.92 Å². The van der Waals surface area contributed by atoms with Gasteiger partial charge in [-0.1, -0.05) is 6.92 Å². The van der Waals surface area contributed by atoms with Gasteiger partial charge in [-0.25, -0.2) is 0 Å². The molecule has 2 N–H and O–H groups in total. The summed E-state index contributed by atoms with van der Waals surface area (Å²) in [5, 5.41) is 13.0. The molecule has 0 amide bonds. The first-order chi connectivity index (χ1) is 6.77. The number of nitrogens with one attached hydrogen (secondary N) is 1. The summed E-state index contributed by atoms with van der Waals surface area (Å²) in [6, 6.07) is 0.575. The van der Waals surface area contributed by atoms with Crippen molar-refractivity contribution in [3.05, 3.63) is 0 Å². The van der Waals surface area contributed by atoms with Gasteiger partial charge >= 0.3 is 0 Å². The minimum absolute atomic E-state index is 0.112. The first kappa shape index (κ1) is 10.4. The van der Waals surface area contributed by atoms with E-state index >= 15 is 0 Å². The highest BCUT2D eigenvalue weighted by Gasteiger charge is 2.31. The Labute approximate surface area is 84.6 Å². The van der Waals surface area contributed by atoms with Crippen LogP contribution in [-0.4, -0.2) is 49.7 Å². The fourth-order valence-corrected chi connectivity index (χ4v) is 2.10. The Morgan fingerprint density at radius 2 is 2.00 bits per heavy atom. The van der Waals surface area contributed by atoms with Gasteiger partial charge in [-0.05, 0) is 12.3 Å². The number of hydrogen-bond acceptors (Lipinski definition) is 4. The third-order valence-corrected chi connectivity index (χ3v) is 3.12. The van der Waals surface area contributed by atoms with E-state index in [9.17, 15) is 5.11 Å². The topological polar surface area (TPSA) is 50.7 Å². The van der Waals surface area contributed by atoms with Crippen LogP contribution in [0.15, 0.2) is 0 Å². The zero-order chi connectivity index (χ0) is 9.97. The Bertz CT molecular complexity index is 188. The van der Waals surface area contributed by atoms with Crippen molar-refractivity contribution in [2.24, 2.45) is 5.92 Å². The Kier molecular flexibility index (Phi) is 3.38. The second-order valence-electron chi connectivity index (χ2n) is 4.33. The van der Waals surface area contributed by atoms with Crippen molar-refractivity contribution < 1.29 is 14.6 Å². The second kappa shape index (κ2) is 4.57. The molecule has 0 spiro atoms. The summed E-state index contributed by atoms with van der Waals surface area (Å²) < 4.78 is 10.6. The van der Waals surface area contributed by atoms with Gasteiger partial charge in [0.15, 0.2) is 0 Å². The predicted molar refractivity (Wildman–Crippen MR) is 52.1 cm³/mol. The first-order valence-electron chi connectivity index (χ1n) is 5.37. The smallest absolute Gasteiger partial charge is 0.0948 e. The SMILES string of the molecule is CC1COCCC1N[C@@H]1COC[C@H]1O. The molecule has 2 saturated heterocycles. The van der Waals surface area contributed by atoms with E-state index < -0.39 is 0 Å². The maximum atomic E-state index is 9.59. The van der Waals surface area contributed by atoms with Crippen LogP contribution in [0.5, 0.6) is 0 Å². The van der Waals surface area contributed by atoms with Crippen LogP contribution < -0.4 is 5.32 Å². The van der Waals surface area contributed by atoms with E-state index in [0.29, 0.717) is 25.2 Å². The monoisotopic (exact) mass is 201 g/mol. The predicted octanol–water partition coefficient (Wildman–Crippen LogP) is -0.239. The Hall–Kier alpha value is -0.160. The maximum Gasteiger partial charge on any atom is 0.0948 e. The van der Waals surface area contributed by atoms with Gasteiger partial charge < -0.3 is 19.9 Å². The molecule has 82 valence electrons. The number of aliphatic hydroxyl groups excluding tert-OH is 1. The van der Waals surface area contributed by atoms with Crippen LogP contribution in [0.1, 0.15) is 13.3 Å². The molecule has 4 atom stereocenters. The van der Waals surface area contributed by atoms with Gasteiger partial charge in [0.1, 0.15) is 0 Å². The quantitative estimate of drug-likeness (QED) is 0.647. The number of rotatable bonds is 2. The normalized spacial score (nSPS) is 44.1. The maximum absolute atomic E-state index is 9.59. The van der Waals surface area contributed by atoms with Crippen LogP contribution in [0.3, 0.4) is 0 Å². The lowest BCUT2D eigenvalue weighted by atomic mass is 9.96. The average Bonchev–Trinajstić information content (AvgIpc) is 2.56. The minimum Gasteiger partial charge on any atom is -0.389 e. The van der Waals surface area contributed by atoms with E-state index in [1.54, 1.807) is 0 Å². The molecular weight excluding hydrogens is 182 g/mol. The Morgan fingerprint density at radius 1 is 1.14 bits per heavy atom. The summed E-state index contributed by atoms with van der Waals surface area (Å²) in [5.74, 6) is 0.525. The largest absolute Gasteiger partial charge is 0.389 e. The molecule has 2 aliphatic rings. The number of ether oxygens (including phenoxy) is 2. The van der Waals surface area contributed by atoms with Crippen LogP contribution in [-0.2, 0) is 9.47 Å². The van der Waals surface area contributed by atoms with E-state index in [4.69, 9.17) is 9.47 Å². The molecule has 2 unspecified atom stereocenters. The van der Waals surface area contributed by atoms with Crippen molar-refractivity contribution in [2.45, 2.75) is 31.5 Å². The molecule has 2 heterocycles. The molecule has 14 heavy (non-hydrogen) atoms. The molecule has 0 saturated carbocycles. The fourth-order valence-electron chi connectivity index (χ4n) is 2.10. The molecule has 2 rings (SSSR count). The van der Waals surface area contributed by atoms with Gasteiger partial charge in [-0.3, -0.25) is 0 Å². The summed E-state index contributed by atoms with van der Waals surface area (Å²) in [5.41, 5.74) is 0. The lowest BCUT2D eigenvalue weighted by molar-refractivity contribution is 0.0305. The lowest BCUT2D eigenvalue weighted by Crippen LogP contribution is -2.50. The molecule has 2 aliphatic heterocycles. The number of aliphatic hydroxyl groups is 1. The van der Waals surface area contributed by atoms with Crippen molar-refractivity contribution in [1.82, 2.24) is 5.32 Å². The van der Waals surface area contributed by atoms with E-state index in [2.05, 4.69) is 12.2 Å². The molecule has 0 aliphatic carbocycles. The second-order valence-corrected chi connectivity index (χ2v) is 4.33. The third kappa shape index (κ3) is 2.25. The molecule has 0 bridgehead atoms. The Balaban J connectivity index is 1.83. The minimum atomic E-state index is -0.343. The summed E-state index contributed by atoms with van der Waals surface area (Å²) in [7, 11) is 0. The van der Waals surface area contributed by atoms with Gasteiger partial charge in [-0.15, -0.1) is 0 Å². The summed E-state index contributed by atoms with van der Waals surface area (Å²) in [6.07, 6.45) is 0.690. The van der Waals surface area contributed by atoms with Gasteiger partial charge in [-0.2, -0.15) is 0 Å². The van der Waals surface area contributed by atoms with Crippen LogP contribution in [0.4, 0.5) is 0 Å². The molecule has 0 radical (unpaired) electrons. The highest BCUT2D eigenvalue weighted by molar-refractivity contribution is 4.87. The average molecular weight is 201 g/mol. The van der Waals surface area contributed by atoms with E-state index in [1.807, 2.05) is 0 Å². The van der Waals surface area contributed by atoms with Crippen molar-refractivity contribution in [3.8, 4) is 0 Å². The van der Waals surface area contributed by atoms with Crippen molar-refractivity contribution >= 4 is 0 Å². The van der Waals surface area contributed by atoms with Crippen molar-refractivity contribution in [1.29, 1.82) is 0 Å². The zero-order valence-corrected chi connectivity index (χ0v) is 8.61. The zero-order valence-electron chi connectivity index (χ0n) is 8.61. The van der Waals surface area contributed by atoms with Gasteiger partial charge in [0.05, 0.1) is 32.0 Å². The van der Waals surface area contributed by atoms with Crippen LogP contribution in [0.25, 0.3) is 0 Å². The fraction of sp³-hybridized carbons (Fsp3) is 1.00. The molecule has 0 aromatic heterocycles. The van der Waals surface area contributed by atoms with Crippen LogP contribution >= 0.6 is 0 Å². The molecule has 4 heteroatoms. The summed E-state index contributed by atoms with van der Waals surface area (Å²) >= 11 is 0. The van der Waals surface area contributed by atoms with Gasteiger partial charge in [0, 0.05) is 12.6 Å². The first-order valence-corrected chi connectivity index (χ1v) is 5.37.